The summed E-state index contributed by atoms with van der Waals surface area (Å²) in [6.45, 7) is 3.68. The van der Waals surface area contributed by atoms with E-state index in [1.165, 1.54) is 4.68 Å². The fraction of sp³-hybridized carbons (Fsp3) is 0.333. The minimum atomic E-state index is -0.315. The average molecular weight is 307 g/mol. The van der Waals surface area contributed by atoms with Gasteiger partial charge in [-0.1, -0.05) is 0 Å². The van der Waals surface area contributed by atoms with Gasteiger partial charge in [0.25, 0.3) is 5.91 Å². The van der Waals surface area contributed by atoms with Crippen LogP contribution >= 0.6 is 12.2 Å². The number of anilines is 1. The van der Waals surface area contributed by atoms with E-state index in [4.69, 9.17) is 12.2 Å². The van der Waals surface area contributed by atoms with Gasteiger partial charge in [-0.25, -0.2) is 0 Å². The quantitative estimate of drug-likeness (QED) is 0.550. The predicted octanol–water partition coefficient (Wildman–Crippen LogP) is 0.402. The van der Waals surface area contributed by atoms with E-state index >= 15 is 0 Å². The summed E-state index contributed by atoms with van der Waals surface area (Å²) in [5, 5.41) is 11.5. The van der Waals surface area contributed by atoms with Crippen molar-refractivity contribution in [1.82, 2.24) is 30.4 Å². The highest BCUT2D eigenvalue weighted by Crippen LogP contribution is 2.10. The standard InChI is InChI=1S/C12H17N7OS/c1-7-5-10(19(4)16-7)11(20)14-15-12(21)13-9-6-18(3)17-8(9)2/h5-6H,1-4H3,(H,14,20)(H2,13,15,21). The summed E-state index contributed by atoms with van der Waals surface area (Å²) in [7, 11) is 3.53. The second-order valence-corrected chi connectivity index (χ2v) is 5.04. The van der Waals surface area contributed by atoms with Crippen LogP contribution in [0.25, 0.3) is 0 Å². The minimum absolute atomic E-state index is 0.276. The summed E-state index contributed by atoms with van der Waals surface area (Å²) in [4.78, 5) is 12.0. The number of hydrogen-bond acceptors (Lipinski definition) is 4. The van der Waals surface area contributed by atoms with Crippen LogP contribution in [0.2, 0.25) is 0 Å². The first-order chi connectivity index (χ1) is 9.86. The number of aromatic nitrogens is 4. The SMILES string of the molecule is Cc1cc(C(=O)NNC(=S)Nc2cn(C)nc2C)n(C)n1. The van der Waals surface area contributed by atoms with Gasteiger partial charge >= 0.3 is 0 Å². The molecule has 112 valence electrons. The zero-order chi connectivity index (χ0) is 15.6. The molecule has 1 amide bonds. The number of aryl methyl sites for hydroxylation is 4. The number of carbonyl (C=O) groups is 1. The van der Waals surface area contributed by atoms with Gasteiger partial charge in [-0.3, -0.25) is 25.0 Å². The molecular weight excluding hydrogens is 290 g/mol. The maximum Gasteiger partial charge on any atom is 0.287 e. The summed E-state index contributed by atoms with van der Waals surface area (Å²) < 4.78 is 3.19. The van der Waals surface area contributed by atoms with E-state index in [1.807, 2.05) is 20.9 Å². The predicted molar refractivity (Wildman–Crippen MR) is 82.7 cm³/mol. The first kappa shape index (κ1) is 15.0. The van der Waals surface area contributed by atoms with Crippen LogP contribution in [0, 0.1) is 13.8 Å². The Labute approximate surface area is 127 Å². The lowest BCUT2D eigenvalue weighted by Crippen LogP contribution is -2.44. The van der Waals surface area contributed by atoms with Crippen molar-refractivity contribution < 1.29 is 4.79 Å². The fourth-order valence-electron chi connectivity index (χ4n) is 1.88. The molecule has 0 atom stereocenters. The second-order valence-electron chi connectivity index (χ2n) is 4.63. The third-order valence-corrected chi connectivity index (χ3v) is 2.99. The van der Waals surface area contributed by atoms with Crippen molar-refractivity contribution in [2.45, 2.75) is 13.8 Å². The van der Waals surface area contributed by atoms with E-state index in [-0.39, 0.29) is 11.0 Å². The monoisotopic (exact) mass is 307 g/mol. The molecule has 3 N–H and O–H groups in total. The Morgan fingerprint density at radius 3 is 2.48 bits per heavy atom. The van der Waals surface area contributed by atoms with Crippen molar-refractivity contribution >= 4 is 28.9 Å². The highest BCUT2D eigenvalue weighted by molar-refractivity contribution is 7.80. The van der Waals surface area contributed by atoms with Gasteiger partial charge in [0.2, 0.25) is 0 Å². The molecule has 0 bridgehead atoms. The number of amides is 1. The molecule has 0 aliphatic carbocycles. The molecular formula is C12H17N7OS. The van der Waals surface area contributed by atoms with Crippen LogP contribution in [-0.4, -0.2) is 30.6 Å². The molecule has 0 saturated heterocycles. The molecule has 0 aromatic carbocycles. The smallest absolute Gasteiger partial charge is 0.287 e. The van der Waals surface area contributed by atoms with Gasteiger partial charge in [-0.15, -0.1) is 0 Å². The minimum Gasteiger partial charge on any atom is -0.329 e. The lowest BCUT2D eigenvalue weighted by Gasteiger charge is -2.10. The molecule has 0 radical (unpaired) electrons. The third kappa shape index (κ3) is 3.57. The van der Waals surface area contributed by atoms with Crippen LogP contribution in [0.3, 0.4) is 0 Å². The normalized spacial score (nSPS) is 10.3. The van der Waals surface area contributed by atoms with Crippen molar-refractivity contribution in [2.24, 2.45) is 14.1 Å². The Morgan fingerprint density at radius 1 is 1.24 bits per heavy atom. The fourth-order valence-corrected chi connectivity index (χ4v) is 2.04. The van der Waals surface area contributed by atoms with Crippen LogP contribution < -0.4 is 16.2 Å². The first-order valence-electron chi connectivity index (χ1n) is 6.25. The molecule has 0 unspecified atom stereocenters. The van der Waals surface area contributed by atoms with E-state index in [0.717, 1.165) is 17.1 Å². The summed E-state index contributed by atoms with van der Waals surface area (Å²) in [5.41, 5.74) is 7.97. The van der Waals surface area contributed by atoms with Gasteiger partial charge in [0.15, 0.2) is 5.11 Å². The lowest BCUT2D eigenvalue weighted by molar-refractivity contribution is 0.0934. The van der Waals surface area contributed by atoms with Gasteiger partial charge in [0.1, 0.15) is 5.69 Å². The molecule has 9 heteroatoms. The van der Waals surface area contributed by atoms with Crippen molar-refractivity contribution in [2.75, 3.05) is 5.32 Å². The summed E-state index contributed by atoms with van der Waals surface area (Å²) >= 11 is 5.11. The zero-order valence-electron chi connectivity index (χ0n) is 12.3. The molecule has 8 nitrogen and oxygen atoms in total. The summed E-state index contributed by atoms with van der Waals surface area (Å²) in [5.74, 6) is -0.315. The number of nitrogens with zero attached hydrogens (tertiary/aromatic N) is 4. The highest BCUT2D eigenvalue weighted by atomic mass is 32.1. The Bertz CT molecular complexity index is 688. The molecule has 0 saturated carbocycles. The molecule has 2 heterocycles. The van der Waals surface area contributed by atoms with Crippen molar-refractivity contribution in [3.05, 3.63) is 29.3 Å². The Morgan fingerprint density at radius 2 is 1.95 bits per heavy atom. The number of hydrazine groups is 1. The van der Waals surface area contributed by atoms with Gasteiger partial charge < -0.3 is 5.32 Å². The van der Waals surface area contributed by atoms with Gasteiger partial charge in [-0.05, 0) is 32.1 Å². The highest BCUT2D eigenvalue weighted by Gasteiger charge is 2.12. The number of thiocarbonyl (C=S) groups is 1. The number of carbonyl (C=O) groups excluding carboxylic acids is 1. The van der Waals surface area contributed by atoms with Crippen molar-refractivity contribution in [3.63, 3.8) is 0 Å². The molecule has 0 aliphatic heterocycles. The van der Waals surface area contributed by atoms with Crippen LogP contribution in [0.15, 0.2) is 12.3 Å². The molecule has 2 aromatic rings. The van der Waals surface area contributed by atoms with Crippen LogP contribution in [0.1, 0.15) is 21.9 Å². The number of rotatable bonds is 2. The van der Waals surface area contributed by atoms with E-state index in [2.05, 4.69) is 26.4 Å². The Balaban J connectivity index is 1.91. The topological polar surface area (TPSA) is 88.8 Å². The zero-order valence-corrected chi connectivity index (χ0v) is 13.1. The maximum absolute atomic E-state index is 12.0. The van der Waals surface area contributed by atoms with E-state index in [1.54, 1.807) is 24.0 Å². The van der Waals surface area contributed by atoms with Gasteiger partial charge in [0, 0.05) is 20.3 Å². The second kappa shape index (κ2) is 5.92. The number of nitrogens with one attached hydrogen (secondary N) is 3. The largest absolute Gasteiger partial charge is 0.329 e. The summed E-state index contributed by atoms with van der Waals surface area (Å²) in [6.07, 6.45) is 1.80. The van der Waals surface area contributed by atoms with E-state index in [0.29, 0.717) is 5.69 Å². The third-order valence-electron chi connectivity index (χ3n) is 2.79. The first-order valence-corrected chi connectivity index (χ1v) is 6.66. The Kier molecular flexibility index (Phi) is 4.22. The summed E-state index contributed by atoms with van der Waals surface area (Å²) in [6, 6.07) is 1.69. The molecule has 0 fully saturated rings. The van der Waals surface area contributed by atoms with Gasteiger partial charge in [-0.2, -0.15) is 10.2 Å². The molecule has 2 rings (SSSR count). The van der Waals surface area contributed by atoms with E-state index in [9.17, 15) is 4.79 Å². The van der Waals surface area contributed by atoms with Crippen LogP contribution in [0.5, 0.6) is 0 Å². The van der Waals surface area contributed by atoms with E-state index < -0.39 is 0 Å². The van der Waals surface area contributed by atoms with Crippen molar-refractivity contribution in [1.29, 1.82) is 0 Å². The molecule has 0 aliphatic rings. The van der Waals surface area contributed by atoms with Crippen LogP contribution in [-0.2, 0) is 14.1 Å². The van der Waals surface area contributed by atoms with Gasteiger partial charge in [0.05, 0.1) is 17.1 Å². The Hall–Kier alpha value is -2.42. The maximum atomic E-state index is 12.0. The molecule has 2 aromatic heterocycles. The number of hydrogen-bond donors (Lipinski definition) is 3. The molecule has 21 heavy (non-hydrogen) atoms. The van der Waals surface area contributed by atoms with Crippen molar-refractivity contribution in [3.8, 4) is 0 Å². The lowest BCUT2D eigenvalue weighted by atomic mass is 10.3. The van der Waals surface area contributed by atoms with Crippen LogP contribution in [0.4, 0.5) is 5.69 Å². The average Bonchev–Trinajstić information content (AvgIpc) is 2.89. The molecule has 0 spiro atoms.